The van der Waals surface area contributed by atoms with Gasteiger partial charge >= 0.3 is 5.97 Å². The zero-order valence-electron chi connectivity index (χ0n) is 13.2. The van der Waals surface area contributed by atoms with Crippen molar-refractivity contribution in [3.8, 4) is 0 Å². The Labute approximate surface area is 114 Å². The van der Waals surface area contributed by atoms with Gasteiger partial charge in [-0.2, -0.15) is 0 Å². The van der Waals surface area contributed by atoms with Crippen molar-refractivity contribution in [2.45, 2.75) is 77.4 Å². The molecule has 0 radical (unpaired) electrons. The highest BCUT2D eigenvalue weighted by atomic mass is 28.4. The molecule has 0 heterocycles. The lowest BCUT2D eigenvalue weighted by molar-refractivity contribution is -0.130. The number of hydrogen-bond donors (Lipinski definition) is 0. The van der Waals surface area contributed by atoms with Gasteiger partial charge in [-0.3, -0.25) is 0 Å². The third kappa shape index (κ3) is 3.25. The Morgan fingerprint density at radius 3 is 1.83 bits per heavy atom. The molecule has 2 atom stereocenters. The van der Waals surface area contributed by atoms with E-state index in [2.05, 4.69) is 55.0 Å². The maximum absolute atomic E-state index is 11.8. The molecule has 0 aromatic rings. The molecule has 0 spiro atoms. The van der Waals surface area contributed by atoms with E-state index >= 15 is 0 Å². The van der Waals surface area contributed by atoms with Gasteiger partial charge in [0.05, 0.1) is 0 Å². The first-order chi connectivity index (χ1) is 8.17. The number of hydrogen-bond acceptors (Lipinski definition) is 2. The molecular weight excluding hydrogens is 240 g/mol. The highest BCUT2D eigenvalue weighted by Crippen LogP contribution is 2.53. The van der Waals surface area contributed by atoms with Crippen molar-refractivity contribution >= 4 is 14.3 Å². The predicted octanol–water partition coefficient (Wildman–Crippen LogP) is 5.06. The van der Waals surface area contributed by atoms with E-state index in [-0.39, 0.29) is 11.0 Å². The minimum atomic E-state index is -2.21. The standard InChI is InChI=1S/C15H30O2Si/c1-9-12(4)18(13(5)10-2,15(6,7)8)17-14(16)11-3/h11-13H,3,9-10H2,1-2,4-8H3. The van der Waals surface area contributed by atoms with Gasteiger partial charge in [0.1, 0.15) is 0 Å². The topological polar surface area (TPSA) is 26.3 Å². The SMILES string of the molecule is C=CC(=O)O[Si](C(C)CC)(C(C)CC)C(C)(C)C. The smallest absolute Gasteiger partial charge is 0.316 e. The second-order valence-corrected chi connectivity index (χ2v) is 11.5. The summed E-state index contributed by atoms with van der Waals surface area (Å²) in [6.07, 6.45) is 3.41. The second-order valence-electron chi connectivity index (χ2n) is 6.29. The van der Waals surface area contributed by atoms with Crippen LogP contribution in [0.3, 0.4) is 0 Å². The largest absolute Gasteiger partial charge is 0.515 e. The zero-order valence-corrected chi connectivity index (χ0v) is 14.2. The molecule has 0 saturated carbocycles. The fourth-order valence-corrected chi connectivity index (χ4v) is 9.40. The van der Waals surface area contributed by atoms with Crippen LogP contribution in [-0.4, -0.2) is 14.3 Å². The van der Waals surface area contributed by atoms with Gasteiger partial charge in [0, 0.05) is 6.08 Å². The van der Waals surface area contributed by atoms with Crippen molar-refractivity contribution in [1.82, 2.24) is 0 Å². The van der Waals surface area contributed by atoms with Crippen LogP contribution in [0.4, 0.5) is 0 Å². The van der Waals surface area contributed by atoms with Gasteiger partial charge in [0.2, 0.25) is 0 Å². The monoisotopic (exact) mass is 270 g/mol. The van der Waals surface area contributed by atoms with E-state index < -0.39 is 8.32 Å². The van der Waals surface area contributed by atoms with E-state index in [0.717, 1.165) is 12.8 Å². The summed E-state index contributed by atoms with van der Waals surface area (Å²) in [6, 6.07) is 0. The first kappa shape index (κ1) is 17.4. The van der Waals surface area contributed by atoms with Crippen LogP contribution in [-0.2, 0) is 9.22 Å². The van der Waals surface area contributed by atoms with Crippen molar-refractivity contribution in [3.63, 3.8) is 0 Å². The summed E-state index contributed by atoms with van der Waals surface area (Å²) >= 11 is 0. The molecule has 0 rings (SSSR count). The van der Waals surface area contributed by atoms with E-state index in [9.17, 15) is 4.79 Å². The average Bonchev–Trinajstić information content (AvgIpc) is 2.31. The molecule has 0 aliphatic heterocycles. The van der Waals surface area contributed by atoms with Crippen molar-refractivity contribution in [2.24, 2.45) is 0 Å². The first-order valence-corrected chi connectivity index (χ1v) is 9.09. The third-order valence-corrected chi connectivity index (χ3v) is 10.9. The van der Waals surface area contributed by atoms with E-state index in [0.29, 0.717) is 11.1 Å². The van der Waals surface area contributed by atoms with Crippen LogP contribution in [0.25, 0.3) is 0 Å². The quantitative estimate of drug-likeness (QED) is 0.498. The number of carbonyl (C=O) groups is 1. The Morgan fingerprint density at radius 1 is 1.22 bits per heavy atom. The van der Waals surface area contributed by atoms with Gasteiger partial charge in [-0.05, 0) is 16.1 Å². The fourth-order valence-electron chi connectivity index (χ4n) is 3.13. The summed E-state index contributed by atoms with van der Waals surface area (Å²) < 4.78 is 6.04. The third-order valence-electron chi connectivity index (χ3n) is 4.30. The fraction of sp³-hybridized carbons (Fsp3) is 0.800. The van der Waals surface area contributed by atoms with Crippen LogP contribution in [0.1, 0.15) is 61.3 Å². The van der Waals surface area contributed by atoms with Crippen molar-refractivity contribution in [3.05, 3.63) is 12.7 Å². The Kier molecular flexibility index (Phi) is 6.34. The molecule has 0 aromatic carbocycles. The van der Waals surface area contributed by atoms with Gasteiger partial charge < -0.3 is 4.43 Å². The average molecular weight is 270 g/mol. The summed E-state index contributed by atoms with van der Waals surface area (Å²) in [7, 11) is -2.21. The molecular formula is C15H30O2Si. The van der Waals surface area contributed by atoms with E-state index in [4.69, 9.17) is 4.43 Å². The van der Waals surface area contributed by atoms with Crippen LogP contribution < -0.4 is 0 Å². The van der Waals surface area contributed by atoms with Crippen molar-refractivity contribution in [2.75, 3.05) is 0 Å². The van der Waals surface area contributed by atoms with Gasteiger partial charge in [-0.25, -0.2) is 4.79 Å². The van der Waals surface area contributed by atoms with E-state index in [1.54, 1.807) is 0 Å². The molecule has 3 heteroatoms. The Bertz CT molecular complexity index is 281. The molecule has 0 saturated heterocycles. The lowest BCUT2D eigenvalue weighted by Crippen LogP contribution is -2.54. The highest BCUT2D eigenvalue weighted by molar-refractivity contribution is 6.80. The van der Waals surface area contributed by atoms with Gasteiger partial charge in [0.15, 0.2) is 0 Å². The number of rotatable bonds is 6. The summed E-state index contributed by atoms with van der Waals surface area (Å²) in [5.41, 5.74) is 0.910. The first-order valence-electron chi connectivity index (χ1n) is 7.02. The molecule has 0 bridgehead atoms. The van der Waals surface area contributed by atoms with Crippen LogP contribution >= 0.6 is 0 Å². The van der Waals surface area contributed by atoms with Gasteiger partial charge in [-0.1, -0.05) is 67.9 Å². The van der Waals surface area contributed by atoms with Crippen LogP contribution in [0.15, 0.2) is 12.7 Å². The Morgan fingerprint density at radius 2 is 1.61 bits per heavy atom. The Balaban J connectivity index is 5.70. The number of carbonyl (C=O) groups excluding carboxylic acids is 1. The normalized spacial score (nSPS) is 18.6. The maximum Gasteiger partial charge on any atom is 0.316 e. The summed E-state index contributed by atoms with van der Waals surface area (Å²) in [6.45, 7) is 19.0. The van der Waals surface area contributed by atoms with Gasteiger partial charge in [0.25, 0.3) is 8.32 Å². The molecule has 2 nitrogen and oxygen atoms in total. The molecule has 0 N–H and O–H groups in total. The minimum Gasteiger partial charge on any atom is -0.515 e. The molecule has 106 valence electrons. The lowest BCUT2D eigenvalue weighted by atomic mass is 10.2. The predicted molar refractivity (Wildman–Crippen MR) is 81.2 cm³/mol. The van der Waals surface area contributed by atoms with Gasteiger partial charge in [-0.15, -0.1) is 0 Å². The van der Waals surface area contributed by atoms with Crippen LogP contribution in [0.5, 0.6) is 0 Å². The summed E-state index contributed by atoms with van der Waals surface area (Å²) in [5.74, 6) is -0.253. The summed E-state index contributed by atoms with van der Waals surface area (Å²) in [5, 5.41) is 0.0382. The molecule has 0 aromatic heterocycles. The van der Waals surface area contributed by atoms with E-state index in [1.807, 2.05) is 0 Å². The lowest BCUT2D eigenvalue weighted by Gasteiger charge is -2.48. The zero-order chi connectivity index (χ0) is 14.6. The molecule has 0 fully saturated rings. The highest BCUT2D eigenvalue weighted by Gasteiger charge is 2.55. The molecule has 0 amide bonds. The van der Waals surface area contributed by atoms with Crippen LogP contribution in [0, 0.1) is 0 Å². The molecule has 18 heavy (non-hydrogen) atoms. The molecule has 0 aliphatic rings. The maximum atomic E-state index is 11.8. The van der Waals surface area contributed by atoms with Crippen molar-refractivity contribution in [1.29, 1.82) is 0 Å². The van der Waals surface area contributed by atoms with Crippen molar-refractivity contribution < 1.29 is 9.22 Å². The van der Waals surface area contributed by atoms with E-state index in [1.165, 1.54) is 6.08 Å². The minimum absolute atomic E-state index is 0.0382. The second kappa shape index (κ2) is 6.55. The summed E-state index contributed by atoms with van der Waals surface area (Å²) in [4.78, 5) is 11.8. The molecule has 0 aliphatic carbocycles. The van der Waals surface area contributed by atoms with Crippen LogP contribution in [0.2, 0.25) is 16.1 Å². The Hall–Kier alpha value is -0.573. The molecule has 2 unspecified atom stereocenters.